The first kappa shape index (κ1) is 19.1. The summed E-state index contributed by atoms with van der Waals surface area (Å²) in [6.45, 7) is 3.43. The number of aliphatic hydroxyl groups is 1. The van der Waals surface area contributed by atoms with E-state index in [0.717, 1.165) is 27.8 Å². The van der Waals surface area contributed by atoms with Crippen LogP contribution in [0.5, 0.6) is 5.75 Å². The lowest BCUT2D eigenvalue weighted by Gasteiger charge is -2.14. The summed E-state index contributed by atoms with van der Waals surface area (Å²) in [6, 6.07) is 21.2. The molecule has 27 heavy (non-hydrogen) atoms. The lowest BCUT2D eigenvalue weighted by Crippen LogP contribution is -2.17. The van der Waals surface area contributed by atoms with Crippen LogP contribution in [0.3, 0.4) is 0 Å². The molecule has 0 radical (unpaired) electrons. The summed E-state index contributed by atoms with van der Waals surface area (Å²) in [6.07, 6.45) is 0. The van der Waals surface area contributed by atoms with Gasteiger partial charge in [0.05, 0.1) is 6.61 Å². The number of aliphatic hydroxyl groups excluding tert-OH is 1. The fraction of sp³-hybridized carbons (Fsp3) is 0.217. The molecule has 0 aromatic heterocycles. The normalized spacial score (nSPS) is 10.8. The van der Waals surface area contributed by atoms with Crippen molar-refractivity contribution in [1.29, 1.82) is 0 Å². The van der Waals surface area contributed by atoms with E-state index in [9.17, 15) is 4.39 Å². The van der Waals surface area contributed by atoms with Crippen LogP contribution in [0.1, 0.15) is 16.7 Å². The topological polar surface area (TPSA) is 41.5 Å². The van der Waals surface area contributed by atoms with Gasteiger partial charge in [-0.2, -0.15) is 0 Å². The molecule has 0 heterocycles. The molecule has 0 fully saturated rings. The average Bonchev–Trinajstić information content (AvgIpc) is 2.69. The zero-order valence-electron chi connectivity index (χ0n) is 15.4. The van der Waals surface area contributed by atoms with Gasteiger partial charge in [0.2, 0.25) is 0 Å². The van der Waals surface area contributed by atoms with E-state index in [1.807, 2.05) is 36.4 Å². The Morgan fingerprint density at radius 2 is 1.81 bits per heavy atom. The minimum absolute atomic E-state index is 0.0606. The fourth-order valence-electron chi connectivity index (χ4n) is 3.01. The highest BCUT2D eigenvalue weighted by molar-refractivity contribution is 5.68. The van der Waals surface area contributed by atoms with E-state index < -0.39 is 0 Å². The van der Waals surface area contributed by atoms with Gasteiger partial charge in [-0.25, -0.2) is 4.39 Å². The predicted molar refractivity (Wildman–Crippen MR) is 106 cm³/mol. The maximum absolute atomic E-state index is 14.3. The molecule has 3 aromatic rings. The van der Waals surface area contributed by atoms with E-state index in [0.29, 0.717) is 19.7 Å². The van der Waals surface area contributed by atoms with Crippen molar-refractivity contribution in [3.63, 3.8) is 0 Å². The van der Waals surface area contributed by atoms with Gasteiger partial charge in [-0.15, -0.1) is 0 Å². The Balaban J connectivity index is 1.70. The van der Waals surface area contributed by atoms with Crippen molar-refractivity contribution in [3.05, 3.63) is 89.2 Å². The minimum atomic E-state index is -0.379. The Morgan fingerprint density at radius 1 is 1.00 bits per heavy atom. The molecule has 0 saturated carbocycles. The first-order valence-electron chi connectivity index (χ1n) is 9.05. The summed E-state index contributed by atoms with van der Waals surface area (Å²) < 4.78 is 20.0. The van der Waals surface area contributed by atoms with Crippen molar-refractivity contribution in [2.24, 2.45) is 0 Å². The molecule has 3 aromatic carbocycles. The summed E-state index contributed by atoms with van der Waals surface area (Å²) >= 11 is 0. The monoisotopic (exact) mass is 365 g/mol. The van der Waals surface area contributed by atoms with Crippen molar-refractivity contribution in [2.45, 2.75) is 20.1 Å². The van der Waals surface area contributed by atoms with Crippen molar-refractivity contribution >= 4 is 0 Å². The SMILES string of the molecule is Cc1c(COc2ccc(CNCCO)cc2F)cccc1-c1ccccc1. The molecule has 0 aliphatic heterocycles. The third kappa shape index (κ3) is 4.94. The van der Waals surface area contributed by atoms with Gasteiger partial charge in [-0.1, -0.05) is 54.6 Å². The van der Waals surface area contributed by atoms with Crippen LogP contribution in [0, 0.1) is 12.7 Å². The van der Waals surface area contributed by atoms with E-state index in [1.165, 1.54) is 6.07 Å². The van der Waals surface area contributed by atoms with E-state index in [-0.39, 0.29) is 18.2 Å². The Morgan fingerprint density at radius 3 is 2.56 bits per heavy atom. The van der Waals surface area contributed by atoms with Crippen LogP contribution in [0.2, 0.25) is 0 Å². The molecule has 3 rings (SSSR count). The molecule has 0 aliphatic rings. The van der Waals surface area contributed by atoms with Crippen molar-refractivity contribution < 1.29 is 14.2 Å². The van der Waals surface area contributed by atoms with Gasteiger partial charge in [-0.3, -0.25) is 0 Å². The molecule has 0 bridgehead atoms. The maximum atomic E-state index is 14.3. The highest BCUT2D eigenvalue weighted by Crippen LogP contribution is 2.27. The summed E-state index contributed by atoms with van der Waals surface area (Å²) in [5.74, 6) is -0.138. The molecule has 0 amide bonds. The highest BCUT2D eigenvalue weighted by Gasteiger charge is 2.09. The van der Waals surface area contributed by atoms with Crippen LogP contribution < -0.4 is 10.1 Å². The van der Waals surface area contributed by atoms with Gasteiger partial charge in [0.1, 0.15) is 6.61 Å². The molecule has 3 nitrogen and oxygen atoms in total. The number of ether oxygens (including phenoxy) is 1. The summed E-state index contributed by atoms with van der Waals surface area (Å²) in [5, 5.41) is 11.8. The van der Waals surface area contributed by atoms with Gasteiger partial charge in [0, 0.05) is 13.1 Å². The number of rotatable bonds is 8. The average molecular weight is 365 g/mol. The lowest BCUT2D eigenvalue weighted by molar-refractivity contribution is 0.288. The Labute approximate surface area is 159 Å². The second-order valence-electron chi connectivity index (χ2n) is 6.41. The number of benzene rings is 3. The molecule has 0 spiro atoms. The van der Waals surface area contributed by atoms with Crippen molar-refractivity contribution in [1.82, 2.24) is 5.32 Å². The first-order chi connectivity index (χ1) is 13.2. The van der Waals surface area contributed by atoms with Crippen LogP contribution in [0.15, 0.2) is 66.7 Å². The van der Waals surface area contributed by atoms with E-state index in [4.69, 9.17) is 9.84 Å². The summed E-state index contributed by atoms with van der Waals surface area (Å²) in [7, 11) is 0. The van der Waals surface area contributed by atoms with Crippen molar-refractivity contribution in [2.75, 3.05) is 13.2 Å². The molecular weight excluding hydrogens is 341 g/mol. The second kappa shape index (κ2) is 9.31. The van der Waals surface area contributed by atoms with Gasteiger partial charge < -0.3 is 15.2 Å². The smallest absolute Gasteiger partial charge is 0.165 e. The van der Waals surface area contributed by atoms with Crippen LogP contribution in [-0.4, -0.2) is 18.3 Å². The van der Waals surface area contributed by atoms with Crippen LogP contribution in [0.4, 0.5) is 4.39 Å². The Bertz CT molecular complexity index is 881. The standard InChI is InChI=1S/C23H24FNO2/c1-17-20(8-5-9-21(17)19-6-3-2-4-7-19)16-27-23-11-10-18(14-22(23)24)15-25-12-13-26/h2-11,14,25-26H,12-13,15-16H2,1H3. The van der Waals surface area contributed by atoms with Crippen molar-refractivity contribution in [3.8, 4) is 16.9 Å². The minimum Gasteiger partial charge on any atom is -0.486 e. The van der Waals surface area contributed by atoms with Crippen LogP contribution >= 0.6 is 0 Å². The van der Waals surface area contributed by atoms with Crippen LogP contribution in [0.25, 0.3) is 11.1 Å². The highest BCUT2D eigenvalue weighted by atomic mass is 19.1. The molecule has 2 N–H and O–H groups in total. The third-order valence-electron chi connectivity index (χ3n) is 4.53. The zero-order valence-corrected chi connectivity index (χ0v) is 15.4. The lowest BCUT2D eigenvalue weighted by atomic mass is 9.97. The molecule has 0 saturated heterocycles. The quantitative estimate of drug-likeness (QED) is 0.579. The number of halogens is 1. The molecule has 0 aliphatic carbocycles. The van der Waals surface area contributed by atoms with Gasteiger partial charge in [0.15, 0.2) is 11.6 Å². The van der Waals surface area contributed by atoms with Crippen LogP contribution in [-0.2, 0) is 13.2 Å². The molecule has 140 valence electrons. The first-order valence-corrected chi connectivity index (χ1v) is 9.05. The van der Waals surface area contributed by atoms with Gasteiger partial charge in [0.25, 0.3) is 0 Å². The van der Waals surface area contributed by atoms with Gasteiger partial charge >= 0.3 is 0 Å². The molecule has 0 atom stereocenters. The number of hydrogen-bond acceptors (Lipinski definition) is 3. The van der Waals surface area contributed by atoms with Gasteiger partial charge in [-0.05, 0) is 46.9 Å². The molecule has 0 unspecified atom stereocenters. The number of nitrogens with one attached hydrogen (secondary N) is 1. The predicted octanol–water partition coefficient (Wildman–Crippen LogP) is 4.46. The largest absolute Gasteiger partial charge is 0.486 e. The summed E-state index contributed by atoms with van der Waals surface area (Å²) in [4.78, 5) is 0. The molecule has 4 heteroatoms. The van der Waals surface area contributed by atoms with E-state index in [1.54, 1.807) is 6.07 Å². The number of hydrogen-bond donors (Lipinski definition) is 2. The maximum Gasteiger partial charge on any atom is 0.165 e. The van der Waals surface area contributed by atoms with E-state index in [2.05, 4.69) is 30.4 Å². The third-order valence-corrected chi connectivity index (χ3v) is 4.53. The Kier molecular flexibility index (Phi) is 6.58. The Hall–Kier alpha value is -2.69. The fourth-order valence-corrected chi connectivity index (χ4v) is 3.01. The van der Waals surface area contributed by atoms with E-state index >= 15 is 0 Å². The zero-order chi connectivity index (χ0) is 19.1. The molecular formula is C23H24FNO2. The second-order valence-corrected chi connectivity index (χ2v) is 6.41. The summed E-state index contributed by atoms with van der Waals surface area (Å²) in [5.41, 5.74) is 5.29.